The van der Waals surface area contributed by atoms with Gasteiger partial charge in [0.15, 0.2) is 0 Å². The molecule has 0 aliphatic heterocycles. The number of nitrogens with zero attached hydrogens (tertiary/aromatic N) is 1. The van der Waals surface area contributed by atoms with Crippen LogP contribution < -0.4 is 5.32 Å². The maximum Gasteiger partial charge on any atom is 0.251 e. The quantitative estimate of drug-likeness (QED) is 0.905. The number of amides is 1. The molecule has 1 saturated carbocycles. The molecule has 24 heavy (non-hydrogen) atoms. The maximum atomic E-state index is 12.6. The summed E-state index contributed by atoms with van der Waals surface area (Å²) in [5.41, 5.74) is 2.61. The lowest BCUT2D eigenvalue weighted by Crippen LogP contribution is -2.44. The molecule has 2 aromatic rings. The molecular weight excluding hydrogens is 300 g/mol. The summed E-state index contributed by atoms with van der Waals surface area (Å²) >= 11 is 0. The third-order valence-corrected chi connectivity index (χ3v) is 4.88. The lowest BCUT2D eigenvalue weighted by molar-refractivity contribution is 0.00525. The first-order valence-corrected chi connectivity index (χ1v) is 8.61. The fourth-order valence-corrected chi connectivity index (χ4v) is 3.41. The zero-order valence-corrected chi connectivity index (χ0v) is 14.1. The molecule has 1 aliphatic rings. The van der Waals surface area contributed by atoms with Crippen molar-refractivity contribution in [2.24, 2.45) is 0 Å². The minimum atomic E-state index is -0.750. The van der Waals surface area contributed by atoms with Crippen molar-refractivity contribution >= 4 is 5.91 Å². The van der Waals surface area contributed by atoms with Crippen LogP contribution in [-0.4, -0.2) is 28.1 Å². The molecule has 0 saturated heterocycles. The Bertz CT molecular complexity index is 707. The number of nitrogens with one attached hydrogen (secondary N) is 1. The normalized spacial score (nSPS) is 16.6. The van der Waals surface area contributed by atoms with Gasteiger partial charge < -0.3 is 10.4 Å². The summed E-state index contributed by atoms with van der Waals surface area (Å²) in [6.45, 7) is 2.26. The zero-order valence-electron chi connectivity index (χ0n) is 14.1. The molecule has 0 unspecified atom stereocenters. The highest BCUT2D eigenvalue weighted by molar-refractivity contribution is 5.97. The van der Waals surface area contributed by atoms with Crippen LogP contribution in [0.2, 0.25) is 0 Å². The molecule has 1 heterocycles. The molecule has 1 aliphatic carbocycles. The fraction of sp³-hybridized carbons (Fsp3) is 0.400. The number of pyridine rings is 1. The predicted octanol–water partition coefficient (Wildman–Crippen LogP) is 3.48. The monoisotopic (exact) mass is 324 g/mol. The van der Waals surface area contributed by atoms with E-state index < -0.39 is 5.60 Å². The molecule has 0 radical (unpaired) electrons. The number of aliphatic hydroxyl groups is 1. The van der Waals surface area contributed by atoms with E-state index in [0.717, 1.165) is 42.5 Å². The van der Waals surface area contributed by atoms with Gasteiger partial charge in [0, 0.05) is 23.9 Å². The minimum Gasteiger partial charge on any atom is -0.388 e. The summed E-state index contributed by atoms with van der Waals surface area (Å²) in [6.07, 6.45) is 6.50. The maximum absolute atomic E-state index is 12.6. The number of carbonyl (C=O) groups excluding carboxylic acids is 1. The smallest absolute Gasteiger partial charge is 0.251 e. The first-order valence-electron chi connectivity index (χ1n) is 8.61. The number of benzene rings is 1. The highest BCUT2D eigenvalue weighted by atomic mass is 16.3. The van der Waals surface area contributed by atoms with Crippen molar-refractivity contribution in [1.29, 1.82) is 0 Å². The van der Waals surface area contributed by atoms with Crippen LogP contribution >= 0.6 is 0 Å². The van der Waals surface area contributed by atoms with E-state index in [4.69, 9.17) is 0 Å². The second kappa shape index (κ2) is 7.14. The molecule has 1 aromatic heterocycles. The van der Waals surface area contributed by atoms with E-state index >= 15 is 0 Å². The topological polar surface area (TPSA) is 62.2 Å². The molecule has 0 spiro atoms. The van der Waals surface area contributed by atoms with Gasteiger partial charge in [-0.15, -0.1) is 0 Å². The first-order chi connectivity index (χ1) is 11.6. The number of hydrogen-bond donors (Lipinski definition) is 2. The summed E-state index contributed by atoms with van der Waals surface area (Å²) in [4.78, 5) is 17.0. The van der Waals surface area contributed by atoms with Crippen molar-refractivity contribution in [2.45, 2.75) is 44.6 Å². The molecule has 4 nitrogen and oxygen atoms in total. The van der Waals surface area contributed by atoms with Crippen molar-refractivity contribution in [3.63, 3.8) is 0 Å². The van der Waals surface area contributed by atoms with Crippen LogP contribution in [0.3, 0.4) is 0 Å². The van der Waals surface area contributed by atoms with Gasteiger partial charge >= 0.3 is 0 Å². The highest BCUT2D eigenvalue weighted by Crippen LogP contribution is 2.28. The van der Waals surface area contributed by atoms with Gasteiger partial charge in [0.25, 0.3) is 5.91 Å². The predicted molar refractivity (Wildman–Crippen MR) is 94.8 cm³/mol. The van der Waals surface area contributed by atoms with Gasteiger partial charge in [-0.05, 0) is 43.5 Å². The summed E-state index contributed by atoms with van der Waals surface area (Å²) < 4.78 is 0. The number of hydrogen-bond acceptors (Lipinski definition) is 3. The molecule has 2 N–H and O–H groups in total. The minimum absolute atomic E-state index is 0.135. The summed E-state index contributed by atoms with van der Waals surface area (Å²) in [5.74, 6) is -0.135. The van der Waals surface area contributed by atoms with Crippen LogP contribution in [0.25, 0.3) is 11.3 Å². The molecule has 3 rings (SSSR count). The van der Waals surface area contributed by atoms with Crippen molar-refractivity contribution in [3.8, 4) is 11.3 Å². The van der Waals surface area contributed by atoms with Crippen LogP contribution in [-0.2, 0) is 0 Å². The molecule has 1 aromatic carbocycles. The Morgan fingerprint density at radius 1 is 1.17 bits per heavy atom. The average molecular weight is 324 g/mol. The van der Waals surface area contributed by atoms with Gasteiger partial charge in [0.05, 0.1) is 11.3 Å². The largest absolute Gasteiger partial charge is 0.388 e. The molecule has 1 amide bonds. The Hall–Kier alpha value is -2.20. The van der Waals surface area contributed by atoms with E-state index in [-0.39, 0.29) is 5.91 Å². The van der Waals surface area contributed by atoms with Gasteiger partial charge in [-0.3, -0.25) is 9.78 Å². The lowest BCUT2D eigenvalue weighted by atomic mass is 9.85. The van der Waals surface area contributed by atoms with Crippen molar-refractivity contribution in [2.75, 3.05) is 6.54 Å². The Morgan fingerprint density at radius 3 is 2.67 bits per heavy atom. The van der Waals surface area contributed by atoms with Crippen LogP contribution in [0, 0.1) is 6.92 Å². The second-order valence-corrected chi connectivity index (χ2v) is 6.66. The van der Waals surface area contributed by atoms with E-state index in [9.17, 15) is 9.90 Å². The molecular formula is C20H24N2O2. The van der Waals surface area contributed by atoms with Crippen LogP contribution in [0.4, 0.5) is 0 Å². The summed E-state index contributed by atoms with van der Waals surface area (Å²) in [7, 11) is 0. The third kappa shape index (κ3) is 3.65. The second-order valence-electron chi connectivity index (χ2n) is 6.66. The highest BCUT2D eigenvalue weighted by Gasteiger charge is 2.29. The molecule has 0 atom stereocenters. The standard InChI is InChI=1S/C20H24N2O2/c1-15-16(18-10-3-6-13-21-18)8-7-9-17(15)19(23)22-14-20(24)11-4-2-5-12-20/h3,6-10,13,24H,2,4-5,11-12,14H2,1H3,(H,22,23). The SMILES string of the molecule is Cc1c(C(=O)NCC2(O)CCCCC2)cccc1-c1ccccn1. The number of aromatic nitrogens is 1. The molecule has 1 fully saturated rings. The van der Waals surface area contributed by atoms with E-state index in [1.165, 1.54) is 6.42 Å². The summed E-state index contributed by atoms with van der Waals surface area (Å²) in [6, 6.07) is 11.4. The Labute approximate surface area is 142 Å². The van der Waals surface area contributed by atoms with Crippen LogP contribution in [0.1, 0.15) is 48.0 Å². The Morgan fingerprint density at radius 2 is 1.96 bits per heavy atom. The number of rotatable bonds is 4. The lowest BCUT2D eigenvalue weighted by Gasteiger charge is -2.32. The van der Waals surface area contributed by atoms with E-state index in [1.54, 1.807) is 6.20 Å². The first kappa shape index (κ1) is 16.7. The van der Waals surface area contributed by atoms with E-state index in [0.29, 0.717) is 12.1 Å². The van der Waals surface area contributed by atoms with Gasteiger partial charge in [-0.2, -0.15) is 0 Å². The van der Waals surface area contributed by atoms with Crippen LogP contribution in [0.5, 0.6) is 0 Å². The van der Waals surface area contributed by atoms with E-state index in [1.807, 2.05) is 43.3 Å². The van der Waals surface area contributed by atoms with E-state index in [2.05, 4.69) is 10.3 Å². The van der Waals surface area contributed by atoms with Gasteiger partial charge in [-0.25, -0.2) is 0 Å². The van der Waals surface area contributed by atoms with Crippen molar-refractivity contribution in [3.05, 3.63) is 53.7 Å². The zero-order chi connectivity index (χ0) is 17.0. The Balaban J connectivity index is 1.76. The number of carbonyl (C=O) groups is 1. The van der Waals surface area contributed by atoms with Gasteiger partial charge in [0.1, 0.15) is 0 Å². The summed E-state index contributed by atoms with van der Waals surface area (Å²) in [5, 5.41) is 13.5. The van der Waals surface area contributed by atoms with Gasteiger partial charge in [-0.1, -0.05) is 37.5 Å². The van der Waals surface area contributed by atoms with Crippen molar-refractivity contribution < 1.29 is 9.90 Å². The molecule has 4 heteroatoms. The Kier molecular flexibility index (Phi) is 4.95. The fourth-order valence-electron chi connectivity index (χ4n) is 3.41. The van der Waals surface area contributed by atoms with Crippen molar-refractivity contribution in [1.82, 2.24) is 10.3 Å². The average Bonchev–Trinajstić information content (AvgIpc) is 2.61. The molecule has 126 valence electrons. The molecule has 0 bridgehead atoms. The van der Waals surface area contributed by atoms with Crippen LogP contribution in [0.15, 0.2) is 42.6 Å². The third-order valence-electron chi connectivity index (χ3n) is 4.88. The van der Waals surface area contributed by atoms with Gasteiger partial charge in [0.2, 0.25) is 0 Å².